The third-order valence-electron chi connectivity index (χ3n) is 7.00. The number of nitrogens with zero attached hydrogens (tertiary/aromatic N) is 4. The molecular weight excluding hydrogens is 544 g/mol. The van der Waals surface area contributed by atoms with Crippen LogP contribution < -0.4 is 10.6 Å². The Morgan fingerprint density at radius 2 is 1.76 bits per heavy atom. The second-order valence-electron chi connectivity index (χ2n) is 10.2. The number of carbonyl (C=O) groups excluding carboxylic acids is 2. The summed E-state index contributed by atoms with van der Waals surface area (Å²) in [5.41, 5.74) is 3.41. The lowest BCUT2D eigenvalue weighted by Crippen LogP contribution is -2.38. The molecule has 4 atom stereocenters. The van der Waals surface area contributed by atoms with E-state index in [-0.39, 0.29) is 36.5 Å². The molecule has 2 amide bonds. The van der Waals surface area contributed by atoms with Crippen LogP contribution in [0.1, 0.15) is 68.6 Å². The molecule has 11 nitrogen and oxygen atoms in total. The molecule has 3 aromatic rings. The van der Waals surface area contributed by atoms with Crippen molar-refractivity contribution in [3.8, 4) is 0 Å². The predicted octanol–water partition coefficient (Wildman–Crippen LogP) is 3.92. The van der Waals surface area contributed by atoms with E-state index in [2.05, 4.69) is 33.1 Å². The van der Waals surface area contributed by atoms with E-state index >= 15 is 0 Å². The van der Waals surface area contributed by atoms with E-state index in [4.69, 9.17) is 9.47 Å². The molecule has 0 radical (unpaired) electrons. The van der Waals surface area contributed by atoms with Crippen LogP contribution in [0.2, 0.25) is 0 Å². The monoisotopic (exact) mass is 582 g/mol. The summed E-state index contributed by atoms with van der Waals surface area (Å²) in [6.07, 6.45) is 1.92. The van der Waals surface area contributed by atoms with Crippen LogP contribution in [0.25, 0.3) is 0 Å². The Kier molecular flexibility index (Phi) is 11.3. The first kappa shape index (κ1) is 30.6. The van der Waals surface area contributed by atoms with Gasteiger partial charge >= 0.3 is 0 Å². The van der Waals surface area contributed by atoms with Gasteiger partial charge in [0.25, 0.3) is 0 Å². The molecule has 0 aliphatic carbocycles. The number of thioether (sulfide) groups is 1. The van der Waals surface area contributed by atoms with E-state index < -0.39 is 6.29 Å². The summed E-state index contributed by atoms with van der Waals surface area (Å²) in [6.45, 7) is 4.23. The Balaban J connectivity index is 1.39. The Hall–Kier alpha value is -3.32. The van der Waals surface area contributed by atoms with Crippen molar-refractivity contribution < 1.29 is 24.2 Å². The molecule has 41 heavy (non-hydrogen) atoms. The lowest BCUT2D eigenvalue weighted by molar-refractivity contribution is -0.268. The molecule has 2 aromatic carbocycles. The van der Waals surface area contributed by atoms with E-state index in [1.165, 1.54) is 18.7 Å². The molecule has 2 heterocycles. The number of hydrogen-bond acceptors (Lipinski definition) is 9. The van der Waals surface area contributed by atoms with Gasteiger partial charge < -0.3 is 25.2 Å². The highest BCUT2D eigenvalue weighted by Gasteiger charge is 2.38. The van der Waals surface area contributed by atoms with E-state index in [0.717, 1.165) is 36.0 Å². The van der Waals surface area contributed by atoms with Crippen molar-refractivity contribution >= 4 is 29.3 Å². The van der Waals surface area contributed by atoms with Crippen LogP contribution in [0.5, 0.6) is 0 Å². The van der Waals surface area contributed by atoms with Crippen LogP contribution >= 0.6 is 11.8 Å². The van der Waals surface area contributed by atoms with Gasteiger partial charge in [-0.1, -0.05) is 61.5 Å². The minimum atomic E-state index is -0.606. The summed E-state index contributed by atoms with van der Waals surface area (Å²) in [6, 6.07) is 15.3. The zero-order valence-electron chi connectivity index (χ0n) is 23.7. The molecule has 3 N–H and O–H groups in total. The predicted molar refractivity (Wildman–Crippen MR) is 155 cm³/mol. The molecule has 12 heteroatoms. The maximum absolute atomic E-state index is 12.4. The van der Waals surface area contributed by atoms with Gasteiger partial charge in [-0.25, -0.2) is 4.68 Å². The fraction of sp³-hybridized carbons (Fsp3) is 0.483. The Labute approximate surface area is 244 Å². The number of aromatic nitrogens is 4. The summed E-state index contributed by atoms with van der Waals surface area (Å²) < 4.78 is 14.6. The number of nitrogens with one attached hydrogen (secondary N) is 2. The van der Waals surface area contributed by atoms with E-state index in [9.17, 15) is 14.7 Å². The highest BCUT2D eigenvalue weighted by Crippen LogP contribution is 2.43. The largest absolute Gasteiger partial charge is 0.392 e. The zero-order valence-corrected chi connectivity index (χ0v) is 24.5. The number of anilines is 1. The fourth-order valence-electron chi connectivity index (χ4n) is 4.61. The molecule has 1 saturated heterocycles. The standard InChI is InChI=1S/C29H38N6O5S/c1-19-25(18-41-29-32-33-34-35(29)3)39-28(40-27(19)22-10-8-21(17-36)9-11-22)23-12-14-24(15-13-23)31-26(38)7-5-4-6-16-30-20(2)37/h8-15,19,25,27-28,36H,4-7,16-18H2,1-3H3,(H,30,37)(H,31,38)/t19-,25+,27+,28+/m1/s1. The molecular formula is C29H38N6O5S. The van der Waals surface area contributed by atoms with Crippen molar-refractivity contribution in [3.63, 3.8) is 0 Å². The number of rotatable bonds is 13. The van der Waals surface area contributed by atoms with E-state index in [1.54, 1.807) is 11.7 Å². The Bertz CT molecular complexity index is 1270. The third kappa shape index (κ3) is 8.83. The van der Waals surface area contributed by atoms with Gasteiger partial charge in [0, 0.05) is 49.9 Å². The quantitative estimate of drug-likeness (QED) is 0.202. The van der Waals surface area contributed by atoms with Crippen molar-refractivity contribution in [2.24, 2.45) is 13.0 Å². The third-order valence-corrected chi connectivity index (χ3v) is 8.10. The lowest BCUT2D eigenvalue weighted by Gasteiger charge is -2.41. The number of unbranched alkanes of at least 4 members (excludes halogenated alkanes) is 2. The van der Waals surface area contributed by atoms with Crippen LogP contribution in [0.3, 0.4) is 0 Å². The van der Waals surface area contributed by atoms with Gasteiger partial charge in [0.1, 0.15) is 0 Å². The fourth-order valence-corrected chi connectivity index (χ4v) is 5.62. The summed E-state index contributed by atoms with van der Waals surface area (Å²) >= 11 is 1.53. The van der Waals surface area contributed by atoms with Gasteiger partial charge in [-0.2, -0.15) is 0 Å². The number of hydrogen-bond donors (Lipinski definition) is 3. The molecule has 0 unspecified atom stereocenters. The Morgan fingerprint density at radius 3 is 2.41 bits per heavy atom. The van der Waals surface area contributed by atoms with Gasteiger partial charge in [-0.15, -0.1) is 5.10 Å². The highest BCUT2D eigenvalue weighted by molar-refractivity contribution is 7.99. The lowest BCUT2D eigenvalue weighted by atomic mass is 9.91. The first-order valence-electron chi connectivity index (χ1n) is 13.8. The van der Waals surface area contributed by atoms with E-state index in [1.807, 2.05) is 48.5 Å². The minimum absolute atomic E-state index is 0.0143. The molecule has 0 bridgehead atoms. The highest BCUT2D eigenvalue weighted by atomic mass is 32.2. The van der Waals surface area contributed by atoms with E-state index in [0.29, 0.717) is 29.6 Å². The zero-order chi connectivity index (χ0) is 29.2. The maximum atomic E-state index is 12.4. The minimum Gasteiger partial charge on any atom is -0.392 e. The van der Waals surface area contributed by atoms with Crippen molar-refractivity contribution in [3.05, 3.63) is 65.2 Å². The number of amides is 2. The van der Waals surface area contributed by atoms with Crippen molar-refractivity contribution in [1.29, 1.82) is 0 Å². The van der Waals surface area contributed by atoms with Gasteiger partial charge in [-0.05, 0) is 46.5 Å². The normalized spacial score (nSPS) is 20.5. The van der Waals surface area contributed by atoms with Gasteiger partial charge in [0.05, 0.1) is 18.8 Å². The number of carbonyl (C=O) groups is 2. The number of ether oxygens (including phenoxy) is 2. The molecule has 1 aliphatic rings. The SMILES string of the molecule is CC(=O)NCCCCCC(=O)Nc1ccc([C@H]2O[C@@H](CSc3nnnn3C)[C@@H](C)[C@@H](c3ccc(CO)cc3)O2)cc1. The molecule has 4 rings (SSSR count). The molecule has 220 valence electrons. The molecule has 1 aliphatic heterocycles. The van der Waals surface area contributed by atoms with Crippen LogP contribution in [0.4, 0.5) is 5.69 Å². The molecule has 1 fully saturated rings. The Morgan fingerprint density at radius 1 is 1.02 bits per heavy atom. The van der Waals surface area contributed by atoms with Crippen LogP contribution in [-0.4, -0.2) is 55.5 Å². The number of aliphatic hydroxyl groups is 1. The van der Waals surface area contributed by atoms with Crippen molar-refractivity contribution in [2.45, 2.75) is 69.8 Å². The van der Waals surface area contributed by atoms with Gasteiger partial charge in [0.2, 0.25) is 17.0 Å². The van der Waals surface area contributed by atoms with Crippen LogP contribution in [0, 0.1) is 5.92 Å². The second-order valence-corrected chi connectivity index (χ2v) is 11.2. The number of tetrazole rings is 1. The van der Waals surface area contributed by atoms with Crippen LogP contribution in [-0.2, 0) is 32.7 Å². The smallest absolute Gasteiger partial charge is 0.224 e. The average Bonchev–Trinajstić information content (AvgIpc) is 3.39. The molecule has 1 aromatic heterocycles. The second kappa shape index (κ2) is 15.1. The number of aryl methyl sites for hydroxylation is 1. The first-order valence-corrected chi connectivity index (χ1v) is 14.8. The maximum Gasteiger partial charge on any atom is 0.224 e. The average molecular weight is 583 g/mol. The summed E-state index contributed by atoms with van der Waals surface area (Å²) in [5, 5.41) is 27.6. The summed E-state index contributed by atoms with van der Waals surface area (Å²) in [7, 11) is 1.81. The van der Waals surface area contributed by atoms with Crippen molar-refractivity contribution in [1.82, 2.24) is 25.5 Å². The first-order chi connectivity index (χ1) is 19.8. The molecule has 0 saturated carbocycles. The number of aliphatic hydroxyl groups excluding tert-OH is 1. The summed E-state index contributed by atoms with van der Waals surface area (Å²) in [5.74, 6) is 0.597. The topological polar surface area (TPSA) is 140 Å². The number of benzene rings is 2. The van der Waals surface area contributed by atoms with Gasteiger partial charge in [-0.3, -0.25) is 9.59 Å². The molecule has 0 spiro atoms. The summed E-state index contributed by atoms with van der Waals surface area (Å²) in [4.78, 5) is 23.3. The van der Waals surface area contributed by atoms with Crippen LogP contribution in [0.15, 0.2) is 53.7 Å². The van der Waals surface area contributed by atoms with Gasteiger partial charge in [0.15, 0.2) is 6.29 Å². The van der Waals surface area contributed by atoms with Crippen molar-refractivity contribution in [2.75, 3.05) is 17.6 Å².